The van der Waals surface area contributed by atoms with Crippen molar-refractivity contribution in [2.45, 2.75) is 104 Å². The highest BCUT2D eigenvalue weighted by molar-refractivity contribution is 6.32. The van der Waals surface area contributed by atoms with Crippen molar-refractivity contribution < 1.29 is 41.8 Å². The van der Waals surface area contributed by atoms with Gasteiger partial charge in [-0.2, -0.15) is 22.8 Å². The standard InChI is InChI=1S/C26H33ClF3N3O6/c1-22(2,3)37-19(34)32(20(35)38-23(4,5)6)18-14-12-15(25(10-11-25)26(28,29)30)16(27)13-17(14)33(31-18)21(36)39-24(7,8)9/h12-13H,10-11H2,1-9H3. The van der Waals surface area contributed by atoms with E-state index >= 15 is 0 Å². The smallest absolute Gasteiger partial charge is 0.435 e. The molecule has 0 bridgehead atoms. The number of carbonyl (C=O) groups is 3. The third-order valence-corrected chi connectivity index (χ3v) is 5.80. The number of aromatic nitrogens is 2. The summed E-state index contributed by atoms with van der Waals surface area (Å²) < 4.78 is 59.1. The van der Waals surface area contributed by atoms with Crippen LogP contribution < -0.4 is 4.90 Å². The van der Waals surface area contributed by atoms with E-state index in [1.165, 1.54) is 0 Å². The maximum absolute atomic E-state index is 14.1. The monoisotopic (exact) mass is 575 g/mol. The van der Waals surface area contributed by atoms with Crippen molar-refractivity contribution >= 4 is 46.6 Å². The Kier molecular flexibility index (Phi) is 7.49. The minimum Gasteiger partial charge on any atom is -0.443 e. The van der Waals surface area contributed by atoms with Crippen LogP contribution in [-0.4, -0.2) is 51.0 Å². The summed E-state index contributed by atoms with van der Waals surface area (Å²) in [5.41, 5.74) is -5.64. The minimum absolute atomic E-state index is 0.0805. The van der Waals surface area contributed by atoms with Crippen LogP contribution in [0.3, 0.4) is 0 Å². The Balaban J connectivity index is 2.34. The number of halogens is 4. The van der Waals surface area contributed by atoms with E-state index in [4.69, 9.17) is 25.8 Å². The fourth-order valence-electron chi connectivity index (χ4n) is 3.79. The summed E-state index contributed by atoms with van der Waals surface area (Å²) in [5, 5.41) is 3.76. The summed E-state index contributed by atoms with van der Waals surface area (Å²) in [6.07, 6.45) is -8.42. The van der Waals surface area contributed by atoms with E-state index < -0.39 is 52.5 Å². The molecule has 1 aromatic carbocycles. The predicted molar refractivity (Wildman–Crippen MR) is 138 cm³/mol. The fourth-order valence-corrected chi connectivity index (χ4v) is 4.13. The number of anilines is 1. The van der Waals surface area contributed by atoms with Gasteiger partial charge in [0.15, 0.2) is 5.82 Å². The van der Waals surface area contributed by atoms with Crippen molar-refractivity contribution in [1.29, 1.82) is 0 Å². The first kappa shape index (κ1) is 30.5. The topological polar surface area (TPSA) is 100.0 Å². The zero-order chi connectivity index (χ0) is 29.9. The van der Waals surface area contributed by atoms with E-state index in [0.29, 0.717) is 4.90 Å². The van der Waals surface area contributed by atoms with Gasteiger partial charge in [-0.3, -0.25) is 0 Å². The molecular formula is C26H33ClF3N3O6. The summed E-state index contributed by atoms with van der Waals surface area (Å²) in [6.45, 7) is 14.2. The van der Waals surface area contributed by atoms with Crippen LogP contribution in [0.15, 0.2) is 12.1 Å². The van der Waals surface area contributed by atoms with Crippen LogP contribution in [-0.2, 0) is 19.6 Å². The fraction of sp³-hybridized carbons (Fsp3) is 0.615. The predicted octanol–water partition coefficient (Wildman–Crippen LogP) is 7.74. The molecule has 0 aliphatic heterocycles. The van der Waals surface area contributed by atoms with Crippen molar-refractivity contribution in [3.05, 3.63) is 22.7 Å². The number of carbonyl (C=O) groups excluding carboxylic acids is 3. The number of ether oxygens (including phenoxy) is 3. The average Bonchev–Trinajstić information content (AvgIpc) is 3.42. The minimum atomic E-state index is -4.61. The number of imide groups is 1. The molecule has 13 heteroatoms. The number of rotatable bonds is 2. The average molecular weight is 576 g/mol. The van der Waals surface area contributed by atoms with Crippen molar-refractivity contribution in [2.75, 3.05) is 4.90 Å². The van der Waals surface area contributed by atoms with Gasteiger partial charge < -0.3 is 14.2 Å². The molecule has 0 radical (unpaired) electrons. The Morgan fingerprint density at radius 1 is 0.872 bits per heavy atom. The number of nitrogens with zero attached hydrogens (tertiary/aromatic N) is 3. The van der Waals surface area contributed by atoms with E-state index in [2.05, 4.69) is 5.10 Å². The lowest BCUT2D eigenvalue weighted by molar-refractivity contribution is -0.160. The van der Waals surface area contributed by atoms with Gasteiger partial charge in [0.2, 0.25) is 0 Å². The van der Waals surface area contributed by atoms with Gasteiger partial charge in [0.05, 0.1) is 10.9 Å². The zero-order valence-electron chi connectivity index (χ0n) is 23.4. The molecule has 0 unspecified atom stereocenters. The second kappa shape index (κ2) is 9.57. The first-order chi connectivity index (χ1) is 17.5. The van der Waals surface area contributed by atoms with Crippen LogP contribution >= 0.6 is 11.6 Å². The molecule has 1 aromatic heterocycles. The van der Waals surface area contributed by atoms with Crippen LogP contribution in [0, 0.1) is 0 Å². The third kappa shape index (κ3) is 6.59. The largest absolute Gasteiger partial charge is 0.443 e. The first-order valence-electron chi connectivity index (χ1n) is 12.2. The zero-order valence-corrected chi connectivity index (χ0v) is 24.1. The van der Waals surface area contributed by atoms with Gasteiger partial charge in [-0.25, -0.2) is 14.4 Å². The summed E-state index contributed by atoms with van der Waals surface area (Å²) in [7, 11) is 0. The van der Waals surface area contributed by atoms with Gasteiger partial charge >= 0.3 is 24.5 Å². The Morgan fingerprint density at radius 2 is 1.33 bits per heavy atom. The molecule has 3 rings (SSSR count). The van der Waals surface area contributed by atoms with Crippen LogP contribution in [0.5, 0.6) is 0 Å². The van der Waals surface area contributed by atoms with Crippen LogP contribution in [0.2, 0.25) is 5.02 Å². The van der Waals surface area contributed by atoms with Crippen LogP contribution in [0.1, 0.15) is 80.7 Å². The molecule has 1 aliphatic carbocycles. The van der Waals surface area contributed by atoms with Gasteiger partial charge in [0.1, 0.15) is 16.8 Å². The highest BCUT2D eigenvalue weighted by atomic mass is 35.5. The number of fused-ring (bicyclic) bond motifs is 1. The van der Waals surface area contributed by atoms with E-state index in [-0.39, 0.29) is 34.3 Å². The lowest BCUT2D eigenvalue weighted by atomic mass is 9.94. The van der Waals surface area contributed by atoms with E-state index in [1.54, 1.807) is 62.3 Å². The number of hydrogen-bond donors (Lipinski definition) is 0. The van der Waals surface area contributed by atoms with E-state index in [9.17, 15) is 27.6 Å². The van der Waals surface area contributed by atoms with Crippen molar-refractivity contribution in [3.8, 4) is 0 Å². The van der Waals surface area contributed by atoms with Gasteiger partial charge in [-0.1, -0.05) is 11.6 Å². The van der Waals surface area contributed by atoms with Gasteiger partial charge in [0, 0.05) is 10.4 Å². The van der Waals surface area contributed by atoms with Crippen molar-refractivity contribution in [2.24, 2.45) is 0 Å². The van der Waals surface area contributed by atoms with Crippen LogP contribution in [0.4, 0.5) is 33.4 Å². The van der Waals surface area contributed by atoms with Crippen molar-refractivity contribution in [1.82, 2.24) is 9.78 Å². The SMILES string of the molecule is CC(C)(C)OC(=O)N(C(=O)OC(C)(C)C)c1nn(C(=O)OC(C)(C)C)c2cc(Cl)c(C3(C(F)(F)F)CC3)cc12. The quantitative estimate of drug-likeness (QED) is 0.337. The van der Waals surface area contributed by atoms with E-state index in [1.807, 2.05) is 0 Å². The number of hydrogen-bond acceptors (Lipinski definition) is 7. The number of benzene rings is 1. The normalized spacial score (nSPS) is 15.6. The van der Waals surface area contributed by atoms with E-state index in [0.717, 1.165) is 16.8 Å². The van der Waals surface area contributed by atoms with Gasteiger partial charge in [-0.05, 0) is 92.9 Å². The maximum Gasteiger partial charge on any atom is 0.435 e. The van der Waals surface area contributed by atoms with Gasteiger partial charge in [-0.15, -0.1) is 5.10 Å². The second-order valence-corrected chi connectivity index (χ2v) is 12.8. The molecule has 0 spiro atoms. The molecule has 1 heterocycles. The summed E-state index contributed by atoms with van der Waals surface area (Å²) >= 11 is 6.34. The summed E-state index contributed by atoms with van der Waals surface area (Å²) in [6, 6.07) is 2.24. The highest BCUT2D eigenvalue weighted by Gasteiger charge is 2.65. The summed E-state index contributed by atoms with van der Waals surface area (Å²) in [4.78, 5) is 40.1. The molecule has 9 nitrogen and oxygen atoms in total. The Bertz CT molecular complexity index is 1280. The molecular weight excluding hydrogens is 543 g/mol. The molecule has 1 aliphatic rings. The second-order valence-electron chi connectivity index (χ2n) is 12.4. The number of alkyl halides is 3. The van der Waals surface area contributed by atoms with Crippen molar-refractivity contribution in [3.63, 3.8) is 0 Å². The Labute approximate surface area is 229 Å². The third-order valence-electron chi connectivity index (χ3n) is 5.49. The van der Waals surface area contributed by atoms with Crippen LogP contribution in [0.25, 0.3) is 10.9 Å². The lowest BCUT2D eigenvalue weighted by Gasteiger charge is -2.27. The lowest BCUT2D eigenvalue weighted by Crippen LogP contribution is -2.44. The molecule has 0 N–H and O–H groups in total. The molecule has 2 aromatic rings. The molecule has 1 fully saturated rings. The first-order valence-corrected chi connectivity index (χ1v) is 12.6. The molecule has 1 saturated carbocycles. The Morgan fingerprint density at radius 3 is 1.72 bits per heavy atom. The molecule has 216 valence electrons. The van der Waals surface area contributed by atoms with Gasteiger partial charge in [0.25, 0.3) is 0 Å². The molecule has 0 saturated heterocycles. The molecule has 39 heavy (non-hydrogen) atoms. The molecule has 2 amide bonds. The summed E-state index contributed by atoms with van der Waals surface area (Å²) in [5.74, 6) is -0.477. The Hall–Kier alpha value is -3.02. The maximum atomic E-state index is 14.1. The highest BCUT2D eigenvalue weighted by Crippen LogP contribution is 2.61. The number of amides is 2. The molecule has 0 atom stereocenters.